The molecule has 0 heterocycles. The van der Waals surface area contributed by atoms with Crippen LogP contribution in [0.3, 0.4) is 0 Å². The maximum absolute atomic E-state index is 12.4. The Morgan fingerprint density at radius 1 is 1.33 bits per heavy atom. The van der Waals surface area contributed by atoms with Gasteiger partial charge >= 0.3 is 6.18 Å². The first-order valence-corrected chi connectivity index (χ1v) is 5.68. The molecular formula is C12H17F3N2O. The van der Waals surface area contributed by atoms with Crippen LogP contribution in [0.4, 0.5) is 18.9 Å². The standard InChI is InChI=1S/C12H17F3N2O/c1-2-5-17(8-12(13,14)15)7-9-6-10(16)3-4-11(9)18/h3-4,6,18H,2,5,7-8,16H2,1H3. The van der Waals surface area contributed by atoms with Crippen molar-refractivity contribution >= 4 is 5.69 Å². The van der Waals surface area contributed by atoms with Gasteiger partial charge in [-0.05, 0) is 31.2 Å². The first kappa shape index (κ1) is 14.6. The number of nitrogen functional groups attached to an aromatic ring is 1. The molecule has 0 aromatic heterocycles. The third kappa shape index (κ3) is 4.83. The summed E-state index contributed by atoms with van der Waals surface area (Å²) in [7, 11) is 0. The van der Waals surface area contributed by atoms with Gasteiger partial charge in [0.15, 0.2) is 0 Å². The molecule has 0 aliphatic rings. The van der Waals surface area contributed by atoms with Gasteiger partial charge in [-0.2, -0.15) is 13.2 Å². The van der Waals surface area contributed by atoms with Crippen LogP contribution in [0, 0.1) is 0 Å². The predicted molar refractivity (Wildman–Crippen MR) is 64.1 cm³/mol. The van der Waals surface area contributed by atoms with E-state index in [1.807, 2.05) is 6.92 Å². The van der Waals surface area contributed by atoms with Crippen molar-refractivity contribution in [1.29, 1.82) is 0 Å². The summed E-state index contributed by atoms with van der Waals surface area (Å²) in [4.78, 5) is 1.24. The summed E-state index contributed by atoms with van der Waals surface area (Å²) in [5, 5.41) is 9.59. The molecule has 0 unspecified atom stereocenters. The first-order chi connectivity index (χ1) is 8.31. The molecule has 0 aliphatic heterocycles. The van der Waals surface area contributed by atoms with Crippen molar-refractivity contribution in [3.05, 3.63) is 23.8 Å². The monoisotopic (exact) mass is 262 g/mol. The van der Waals surface area contributed by atoms with E-state index in [0.29, 0.717) is 24.2 Å². The zero-order chi connectivity index (χ0) is 13.8. The minimum atomic E-state index is -4.24. The van der Waals surface area contributed by atoms with Gasteiger partial charge in [0, 0.05) is 17.8 Å². The minimum Gasteiger partial charge on any atom is -0.508 e. The molecule has 0 spiro atoms. The molecule has 102 valence electrons. The Kier molecular flexibility index (Phi) is 4.84. The van der Waals surface area contributed by atoms with Crippen molar-refractivity contribution in [2.24, 2.45) is 0 Å². The van der Waals surface area contributed by atoms with Gasteiger partial charge < -0.3 is 10.8 Å². The van der Waals surface area contributed by atoms with Crippen molar-refractivity contribution in [2.45, 2.75) is 26.1 Å². The van der Waals surface area contributed by atoms with Crippen LogP contribution in [-0.4, -0.2) is 29.3 Å². The van der Waals surface area contributed by atoms with Gasteiger partial charge in [0.2, 0.25) is 0 Å². The third-order valence-corrected chi connectivity index (χ3v) is 2.44. The minimum absolute atomic E-state index is 0.0320. The van der Waals surface area contributed by atoms with Gasteiger partial charge in [-0.3, -0.25) is 4.90 Å². The molecule has 1 aromatic rings. The highest BCUT2D eigenvalue weighted by Gasteiger charge is 2.30. The van der Waals surface area contributed by atoms with Crippen LogP contribution in [0.5, 0.6) is 5.75 Å². The number of rotatable bonds is 5. The quantitative estimate of drug-likeness (QED) is 0.633. The van der Waals surface area contributed by atoms with E-state index in [1.165, 1.54) is 23.1 Å². The molecule has 3 N–H and O–H groups in total. The van der Waals surface area contributed by atoms with Crippen molar-refractivity contribution in [2.75, 3.05) is 18.8 Å². The highest BCUT2D eigenvalue weighted by molar-refractivity contribution is 5.47. The normalized spacial score (nSPS) is 12.1. The summed E-state index contributed by atoms with van der Waals surface area (Å²) in [6.45, 7) is 1.16. The second kappa shape index (κ2) is 5.95. The second-order valence-corrected chi connectivity index (χ2v) is 4.21. The summed E-state index contributed by atoms with van der Waals surface area (Å²) in [5.74, 6) is -0.0347. The Hall–Kier alpha value is -1.43. The van der Waals surface area contributed by atoms with Gasteiger partial charge in [0.25, 0.3) is 0 Å². The van der Waals surface area contributed by atoms with Crippen molar-refractivity contribution in [3.63, 3.8) is 0 Å². The van der Waals surface area contributed by atoms with Gasteiger partial charge in [-0.25, -0.2) is 0 Å². The number of halogens is 3. The van der Waals surface area contributed by atoms with Gasteiger partial charge in [0.1, 0.15) is 5.75 Å². The summed E-state index contributed by atoms with van der Waals surface area (Å²) in [6.07, 6.45) is -3.63. The molecule has 0 fully saturated rings. The van der Waals surface area contributed by atoms with Gasteiger partial charge in [0.05, 0.1) is 6.54 Å². The Morgan fingerprint density at radius 3 is 2.56 bits per heavy atom. The van der Waals surface area contributed by atoms with Crippen LogP contribution in [-0.2, 0) is 6.54 Å². The maximum Gasteiger partial charge on any atom is 0.401 e. The lowest BCUT2D eigenvalue weighted by atomic mass is 10.1. The Labute approximate surface area is 104 Å². The zero-order valence-electron chi connectivity index (χ0n) is 10.2. The highest BCUT2D eigenvalue weighted by atomic mass is 19.4. The maximum atomic E-state index is 12.4. The fourth-order valence-corrected chi connectivity index (χ4v) is 1.76. The van der Waals surface area contributed by atoms with E-state index in [9.17, 15) is 18.3 Å². The Balaban J connectivity index is 2.79. The van der Waals surface area contributed by atoms with Gasteiger partial charge in [-0.1, -0.05) is 6.92 Å². The average Bonchev–Trinajstić information content (AvgIpc) is 2.21. The number of aromatic hydroxyl groups is 1. The molecule has 18 heavy (non-hydrogen) atoms. The smallest absolute Gasteiger partial charge is 0.401 e. The first-order valence-electron chi connectivity index (χ1n) is 5.68. The number of anilines is 1. The van der Waals surface area contributed by atoms with Crippen LogP contribution >= 0.6 is 0 Å². The number of benzene rings is 1. The fourth-order valence-electron chi connectivity index (χ4n) is 1.76. The molecule has 0 radical (unpaired) electrons. The summed E-state index contributed by atoms with van der Waals surface area (Å²) >= 11 is 0. The molecule has 1 aromatic carbocycles. The van der Waals surface area contributed by atoms with Crippen LogP contribution < -0.4 is 5.73 Å². The van der Waals surface area contributed by atoms with Crippen LogP contribution in [0.15, 0.2) is 18.2 Å². The number of hydrogen-bond donors (Lipinski definition) is 2. The van der Waals surface area contributed by atoms with E-state index in [2.05, 4.69) is 0 Å². The average molecular weight is 262 g/mol. The van der Waals surface area contributed by atoms with E-state index in [0.717, 1.165) is 0 Å². The van der Waals surface area contributed by atoms with Crippen molar-refractivity contribution in [1.82, 2.24) is 4.90 Å². The molecular weight excluding hydrogens is 245 g/mol. The van der Waals surface area contributed by atoms with E-state index in [1.54, 1.807) is 0 Å². The fraction of sp³-hybridized carbons (Fsp3) is 0.500. The molecule has 0 aliphatic carbocycles. The topological polar surface area (TPSA) is 49.5 Å². The Morgan fingerprint density at radius 2 is 2.00 bits per heavy atom. The zero-order valence-corrected chi connectivity index (χ0v) is 10.2. The molecule has 3 nitrogen and oxygen atoms in total. The second-order valence-electron chi connectivity index (χ2n) is 4.21. The van der Waals surface area contributed by atoms with Crippen LogP contribution in [0.2, 0.25) is 0 Å². The Bertz CT molecular complexity index is 393. The van der Waals surface area contributed by atoms with E-state index >= 15 is 0 Å². The van der Waals surface area contributed by atoms with E-state index in [-0.39, 0.29) is 12.3 Å². The van der Waals surface area contributed by atoms with Gasteiger partial charge in [-0.15, -0.1) is 0 Å². The molecule has 6 heteroatoms. The number of nitrogens with zero attached hydrogens (tertiary/aromatic N) is 1. The molecule has 1 rings (SSSR count). The molecule has 0 bridgehead atoms. The van der Waals surface area contributed by atoms with E-state index in [4.69, 9.17) is 5.73 Å². The van der Waals surface area contributed by atoms with Crippen molar-refractivity contribution in [3.8, 4) is 5.75 Å². The lowest BCUT2D eigenvalue weighted by Crippen LogP contribution is -2.34. The summed E-state index contributed by atoms with van der Waals surface area (Å²) < 4.78 is 37.1. The van der Waals surface area contributed by atoms with E-state index < -0.39 is 12.7 Å². The lowest BCUT2D eigenvalue weighted by molar-refractivity contribution is -0.147. The number of alkyl halides is 3. The number of phenolic OH excluding ortho intramolecular Hbond substituents is 1. The predicted octanol–water partition coefficient (Wildman–Crippen LogP) is 2.75. The molecule has 0 amide bonds. The molecule has 0 saturated heterocycles. The summed E-state index contributed by atoms with van der Waals surface area (Å²) in [6, 6.07) is 4.39. The SMILES string of the molecule is CCCN(Cc1cc(N)ccc1O)CC(F)(F)F. The molecule has 0 atom stereocenters. The largest absolute Gasteiger partial charge is 0.508 e. The molecule has 0 saturated carbocycles. The highest BCUT2D eigenvalue weighted by Crippen LogP contribution is 2.24. The third-order valence-electron chi connectivity index (χ3n) is 2.44. The lowest BCUT2D eigenvalue weighted by Gasteiger charge is -2.23. The summed E-state index contributed by atoms with van der Waals surface area (Å²) in [5.41, 5.74) is 6.38. The number of nitrogens with two attached hydrogens (primary N) is 1. The van der Waals surface area contributed by atoms with Crippen molar-refractivity contribution < 1.29 is 18.3 Å². The van der Waals surface area contributed by atoms with Crippen LogP contribution in [0.25, 0.3) is 0 Å². The van der Waals surface area contributed by atoms with Crippen LogP contribution in [0.1, 0.15) is 18.9 Å². The number of hydrogen-bond acceptors (Lipinski definition) is 3. The number of phenols is 1.